The molecule has 0 fully saturated rings. The molecule has 1 rings (SSSR count). The standard InChI is InChI=1S/C11H18N4O3/c1-7(2)9(10(16)17)15-11(18)14-4-3-8-12-5-6-13-8/h5-7,9H,3-4H2,1-2H3,(H,12,13)(H,16,17)(H2,14,15,18)/t9-/m0/s1. The highest BCUT2D eigenvalue weighted by atomic mass is 16.4. The summed E-state index contributed by atoms with van der Waals surface area (Å²) in [4.78, 5) is 29.3. The molecule has 1 atom stereocenters. The number of nitrogens with one attached hydrogen (secondary N) is 3. The molecule has 1 aromatic heterocycles. The summed E-state index contributed by atoms with van der Waals surface area (Å²) in [5.74, 6) is -0.432. The van der Waals surface area contributed by atoms with Crippen LogP contribution >= 0.6 is 0 Å². The number of aromatic nitrogens is 2. The highest BCUT2D eigenvalue weighted by Crippen LogP contribution is 2.01. The van der Waals surface area contributed by atoms with E-state index in [0.717, 1.165) is 5.82 Å². The fourth-order valence-electron chi connectivity index (χ4n) is 1.43. The number of aromatic amines is 1. The molecular formula is C11H18N4O3. The predicted molar refractivity (Wildman–Crippen MR) is 65.1 cm³/mol. The molecule has 0 unspecified atom stereocenters. The van der Waals surface area contributed by atoms with Crippen molar-refractivity contribution in [2.45, 2.75) is 26.3 Å². The van der Waals surface area contributed by atoms with E-state index in [0.29, 0.717) is 13.0 Å². The fraction of sp³-hybridized carbons (Fsp3) is 0.545. The van der Waals surface area contributed by atoms with Crippen LogP contribution in [0.3, 0.4) is 0 Å². The summed E-state index contributed by atoms with van der Waals surface area (Å²) in [5.41, 5.74) is 0. The van der Waals surface area contributed by atoms with E-state index < -0.39 is 18.0 Å². The molecule has 7 nitrogen and oxygen atoms in total. The van der Waals surface area contributed by atoms with E-state index in [1.54, 1.807) is 26.2 Å². The van der Waals surface area contributed by atoms with E-state index >= 15 is 0 Å². The topological polar surface area (TPSA) is 107 Å². The van der Waals surface area contributed by atoms with Crippen LogP contribution in [0, 0.1) is 5.92 Å². The Kier molecular flexibility index (Phi) is 5.16. The van der Waals surface area contributed by atoms with Crippen LogP contribution in [0.5, 0.6) is 0 Å². The van der Waals surface area contributed by atoms with Crippen LogP contribution in [0.25, 0.3) is 0 Å². The number of carbonyl (C=O) groups excluding carboxylic acids is 1. The Bertz CT molecular complexity index is 389. The van der Waals surface area contributed by atoms with Gasteiger partial charge in [0.25, 0.3) is 0 Å². The average molecular weight is 254 g/mol. The van der Waals surface area contributed by atoms with E-state index in [1.807, 2.05) is 0 Å². The van der Waals surface area contributed by atoms with Gasteiger partial charge in [-0.2, -0.15) is 0 Å². The number of aliphatic carboxylic acids is 1. The van der Waals surface area contributed by atoms with Crippen molar-refractivity contribution in [3.05, 3.63) is 18.2 Å². The zero-order chi connectivity index (χ0) is 13.5. The van der Waals surface area contributed by atoms with Crippen LogP contribution in [0.15, 0.2) is 12.4 Å². The third-order valence-electron chi connectivity index (χ3n) is 2.42. The Balaban J connectivity index is 2.30. The second-order valence-electron chi connectivity index (χ2n) is 4.25. The van der Waals surface area contributed by atoms with E-state index in [-0.39, 0.29) is 5.92 Å². The monoisotopic (exact) mass is 254 g/mol. The van der Waals surface area contributed by atoms with Crippen molar-refractivity contribution in [1.82, 2.24) is 20.6 Å². The van der Waals surface area contributed by atoms with Crippen molar-refractivity contribution in [2.24, 2.45) is 5.92 Å². The van der Waals surface area contributed by atoms with Gasteiger partial charge >= 0.3 is 12.0 Å². The molecule has 0 aromatic carbocycles. The number of imidazole rings is 1. The molecule has 18 heavy (non-hydrogen) atoms. The number of carbonyl (C=O) groups is 2. The molecule has 1 heterocycles. The summed E-state index contributed by atoms with van der Waals surface area (Å²) in [6, 6.07) is -1.36. The molecule has 7 heteroatoms. The third-order valence-corrected chi connectivity index (χ3v) is 2.42. The maximum absolute atomic E-state index is 11.5. The van der Waals surface area contributed by atoms with Crippen LogP contribution in [-0.4, -0.2) is 39.7 Å². The fourth-order valence-corrected chi connectivity index (χ4v) is 1.43. The number of H-pyrrole nitrogens is 1. The molecule has 100 valence electrons. The Morgan fingerprint density at radius 2 is 2.22 bits per heavy atom. The van der Waals surface area contributed by atoms with Gasteiger partial charge in [-0.3, -0.25) is 0 Å². The molecule has 0 aliphatic heterocycles. The van der Waals surface area contributed by atoms with Gasteiger partial charge in [0.15, 0.2) is 0 Å². The Morgan fingerprint density at radius 1 is 1.50 bits per heavy atom. The molecule has 0 aliphatic rings. The Labute approximate surface area is 105 Å². The first-order valence-electron chi connectivity index (χ1n) is 5.76. The number of carboxylic acids is 1. The van der Waals surface area contributed by atoms with Crippen molar-refractivity contribution >= 4 is 12.0 Å². The van der Waals surface area contributed by atoms with Gasteiger partial charge in [0.05, 0.1) is 0 Å². The van der Waals surface area contributed by atoms with Gasteiger partial charge < -0.3 is 20.7 Å². The number of hydrogen-bond donors (Lipinski definition) is 4. The highest BCUT2D eigenvalue weighted by molar-refractivity contribution is 5.82. The van der Waals surface area contributed by atoms with Gasteiger partial charge in [-0.1, -0.05) is 13.8 Å². The average Bonchev–Trinajstić information content (AvgIpc) is 2.78. The van der Waals surface area contributed by atoms with Crippen molar-refractivity contribution in [2.75, 3.05) is 6.54 Å². The zero-order valence-corrected chi connectivity index (χ0v) is 10.4. The van der Waals surface area contributed by atoms with Crippen LogP contribution in [0.1, 0.15) is 19.7 Å². The van der Waals surface area contributed by atoms with Gasteiger partial charge in [-0.05, 0) is 5.92 Å². The molecule has 2 amide bonds. The minimum Gasteiger partial charge on any atom is -0.480 e. The molecule has 0 spiro atoms. The molecule has 4 N–H and O–H groups in total. The molecule has 0 bridgehead atoms. The van der Waals surface area contributed by atoms with Crippen LogP contribution in [0.4, 0.5) is 4.79 Å². The predicted octanol–water partition coefficient (Wildman–Crippen LogP) is 0.361. The number of hydrogen-bond acceptors (Lipinski definition) is 3. The van der Waals surface area contributed by atoms with E-state index in [2.05, 4.69) is 20.6 Å². The highest BCUT2D eigenvalue weighted by Gasteiger charge is 2.22. The summed E-state index contributed by atoms with van der Waals surface area (Å²) >= 11 is 0. The van der Waals surface area contributed by atoms with Crippen molar-refractivity contribution in [3.8, 4) is 0 Å². The van der Waals surface area contributed by atoms with Gasteiger partial charge in [-0.25, -0.2) is 14.6 Å². The van der Waals surface area contributed by atoms with E-state index in [4.69, 9.17) is 5.11 Å². The van der Waals surface area contributed by atoms with E-state index in [1.165, 1.54) is 0 Å². The number of amides is 2. The first-order valence-corrected chi connectivity index (χ1v) is 5.76. The number of nitrogens with zero attached hydrogens (tertiary/aromatic N) is 1. The Morgan fingerprint density at radius 3 is 2.72 bits per heavy atom. The molecule has 0 aliphatic carbocycles. The molecule has 1 aromatic rings. The van der Waals surface area contributed by atoms with Crippen molar-refractivity contribution in [3.63, 3.8) is 0 Å². The minimum atomic E-state index is -1.04. The van der Waals surface area contributed by atoms with Crippen LogP contribution < -0.4 is 10.6 Å². The maximum atomic E-state index is 11.5. The lowest BCUT2D eigenvalue weighted by molar-refractivity contribution is -0.140. The van der Waals surface area contributed by atoms with Crippen LogP contribution in [-0.2, 0) is 11.2 Å². The lowest BCUT2D eigenvalue weighted by Gasteiger charge is -2.18. The minimum absolute atomic E-state index is 0.168. The Hall–Kier alpha value is -2.05. The number of carboxylic acid groups (broad SMARTS) is 1. The van der Waals surface area contributed by atoms with E-state index in [9.17, 15) is 9.59 Å². The van der Waals surface area contributed by atoms with Gasteiger partial charge in [0, 0.05) is 25.4 Å². The largest absolute Gasteiger partial charge is 0.480 e. The lowest BCUT2D eigenvalue weighted by Crippen LogP contribution is -2.48. The van der Waals surface area contributed by atoms with Crippen molar-refractivity contribution in [1.29, 1.82) is 0 Å². The second-order valence-corrected chi connectivity index (χ2v) is 4.25. The smallest absolute Gasteiger partial charge is 0.326 e. The van der Waals surface area contributed by atoms with Gasteiger partial charge in [0.1, 0.15) is 11.9 Å². The summed E-state index contributed by atoms with van der Waals surface area (Å²) < 4.78 is 0. The number of rotatable bonds is 6. The SMILES string of the molecule is CC(C)[C@H](NC(=O)NCCc1ncc[nH]1)C(=O)O. The first kappa shape index (κ1) is 14.0. The summed E-state index contributed by atoms with van der Waals surface area (Å²) in [6.45, 7) is 3.87. The summed E-state index contributed by atoms with van der Waals surface area (Å²) in [7, 11) is 0. The summed E-state index contributed by atoms with van der Waals surface area (Å²) in [5, 5.41) is 13.9. The maximum Gasteiger partial charge on any atom is 0.326 e. The molecular weight excluding hydrogens is 236 g/mol. The first-order chi connectivity index (χ1) is 8.50. The molecule has 0 saturated carbocycles. The third kappa shape index (κ3) is 4.44. The quantitative estimate of drug-likeness (QED) is 0.588. The van der Waals surface area contributed by atoms with Gasteiger partial charge in [0.2, 0.25) is 0 Å². The zero-order valence-electron chi connectivity index (χ0n) is 10.4. The normalized spacial score (nSPS) is 12.2. The lowest BCUT2D eigenvalue weighted by atomic mass is 10.1. The second kappa shape index (κ2) is 6.63. The molecule has 0 radical (unpaired) electrons. The van der Waals surface area contributed by atoms with Crippen LogP contribution in [0.2, 0.25) is 0 Å². The van der Waals surface area contributed by atoms with Gasteiger partial charge in [-0.15, -0.1) is 0 Å². The molecule has 0 saturated heterocycles. The number of urea groups is 1. The van der Waals surface area contributed by atoms with Crippen molar-refractivity contribution < 1.29 is 14.7 Å². The summed E-state index contributed by atoms with van der Waals surface area (Å²) in [6.07, 6.45) is 3.91.